The van der Waals surface area contributed by atoms with Crippen LogP contribution in [-0.2, 0) is 0 Å². The quantitative estimate of drug-likeness (QED) is 0.501. The number of aromatic amines is 1. The highest BCUT2D eigenvalue weighted by Crippen LogP contribution is 2.31. The molecule has 2 N–H and O–H groups in total. The summed E-state index contributed by atoms with van der Waals surface area (Å²) in [4.78, 5) is 36.2. The van der Waals surface area contributed by atoms with Gasteiger partial charge >= 0.3 is 6.03 Å². The number of imidazole rings is 1. The van der Waals surface area contributed by atoms with Gasteiger partial charge in [0.1, 0.15) is 11.3 Å². The fourth-order valence-corrected chi connectivity index (χ4v) is 4.26. The molecule has 4 aromatic rings. The van der Waals surface area contributed by atoms with Crippen LogP contribution in [0.2, 0.25) is 0 Å². The zero-order chi connectivity index (χ0) is 23.1. The average molecular weight is 445 g/mol. The molecular weight excluding hydrogens is 416 g/mol. The van der Waals surface area contributed by atoms with E-state index >= 15 is 0 Å². The van der Waals surface area contributed by atoms with Crippen molar-refractivity contribution in [2.24, 2.45) is 0 Å². The first kappa shape index (κ1) is 21.1. The number of para-hydroxylation sites is 1. The molecule has 3 heterocycles. The van der Waals surface area contributed by atoms with Crippen LogP contribution in [0.4, 0.5) is 22.1 Å². The summed E-state index contributed by atoms with van der Waals surface area (Å²) in [6.45, 7) is 7.12. The Morgan fingerprint density at radius 3 is 2.67 bits per heavy atom. The minimum absolute atomic E-state index is 0.0280. The second-order valence-corrected chi connectivity index (χ2v) is 8.68. The van der Waals surface area contributed by atoms with Crippen molar-refractivity contribution >= 4 is 45.3 Å². The van der Waals surface area contributed by atoms with Crippen molar-refractivity contribution in [2.75, 3.05) is 50.5 Å². The van der Waals surface area contributed by atoms with E-state index in [1.54, 1.807) is 11.9 Å². The van der Waals surface area contributed by atoms with Gasteiger partial charge in [-0.15, -0.1) is 0 Å². The summed E-state index contributed by atoms with van der Waals surface area (Å²) in [5, 5.41) is 4.31. The van der Waals surface area contributed by atoms with Gasteiger partial charge in [-0.05, 0) is 38.6 Å². The molecule has 0 unspecified atom stereocenters. The molecule has 0 aliphatic carbocycles. The third kappa shape index (κ3) is 4.07. The van der Waals surface area contributed by atoms with Crippen LogP contribution >= 0.6 is 0 Å². The van der Waals surface area contributed by atoms with E-state index in [1.165, 1.54) is 0 Å². The lowest BCUT2D eigenvalue weighted by Crippen LogP contribution is -2.51. The van der Waals surface area contributed by atoms with Crippen LogP contribution in [0, 0.1) is 13.8 Å². The number of amides is 2. The maximum atomic E-state index is 13.3. The Kier molecular flexibility index (Phi) is 5.33. The fourth-order valence-electron chi connectivity index (χ4n) is 4.26. The molecule has 0 atom stereocenters. The van der Waals surface area contributed by atoms with Gasteiger partial charge in [-0.3, -0.25) is 4.90 Å². The Hall–Kier alpha value is -3.72. The number of aromatic nitrogens is 4. The van der Waals surface area contributed by atoms with E-state index in [0.717, 1.165) is 57.8 Å². The molecule has 5 rings (SSSR count). The van der Waals surface area contributed by atoms with Gasteiger partial charge in [0.05, 0.1) is 16.7 Å². The Balaban J connectivity index is 1.49. The van der Waals surface area contributed by atoms with Crippen molar-refractivity contribution in [2.45, 2.75) is 13.8 Å². The van der Waals surface area contributed by atoms with Crippen LogP contribution in [0.5, 0.6) is 0 Å². The molecule has 2 aromatic heterocycles. The van der Waals surface area contributed by atoms with Crippen molar-refractivity contribution in [1.29, 1.82) is 0 Å². The van der Waals surface area contributed by atoms with Crippen LogP contribution in [0.3, 0.4) is 0 Å². The summed E-state index contributed by atoms with van der Waals surface area (Å²) in [6.07, 6.45) is 1.82. The number of nitrogens with one attached hydrogen (secondary N) is 2. The molecule has 9 nitrogen and oxygen atoms in total. The summed E-state index contributed by atoms with van der Waals surface area (Å²) in [6, 6.07) is 9.92. The maximum absolute atomic E-state index is 13.3. The van der Waals surface area contributed by atoms with Gasteiger partial charge < -0.3 is 20.1 Å². The lowest BCUT2D eigenvalue weighted by molar-refractivity contribution is 0.160. The second-order valence-electron chi connectivity index (χ2n) is 8.68. The highest BCUT2D eigenvalue weighted by Gasteiger charge is 2.25. The molecule has 1 aliphatic rings. The van der Waals surface area contributed by atoms with Crippen molar-refractivity contribution in [3.05, 3.63) is 47.9 Å². The molecule has 0 spiro atoms. The Morgan fingerprint density at radius 2 is 1.88 bits per heavy atom. The van der Waals surface area contributed by atoms with E-state index in [0.29, 0.717) is 19.0 Å². The summed E-state index contributed by atoms with van der Waals surface area (Å²) >= 11 is 0. The smallest absolute Gasteiger partial charge is 0.324 e. The monoisotopic (exact) mass is 444 g/mol. The van der Waals surface area contributed by atoms with Crippen LogP contribution in [0.1, 0.15) is 11.4 Å². The minimum Gasteiger partial charge on any atom is -0.342 e. The number of piperazine rings is 1. The van der Waals surface area contributed by atoms with Gasteiger partial charge in [-0.25, -0.2) is 19.7 Å². The number of rotatable bonds is 3. The molecule has 33 heavy (non-hydrogen) atoms. The second kappa shape index (κ2) is 8.32. The number of carbonyl (C=O) groups is 1. The topological polar surface area (TPSA) is 93.3 Å². The summed E-state index contributed by atoms with van der Waals surface area (Å²) in [5.41, 5.74) is 5.14. The molecule has 0 saturated carbocycles. The standard InChI is InChI=1S/C24H28N8O/c1-15-6-5-7-17-14-25-23(29-21(15)17)28-18-12-19-22(27-16(2)26-19)20(13-18)31(4)24(33)32-10-8-30(3)9-11-32/h5-7,12-14H,8-11H2,1-4H3,(H,26,27)(H,25,28,29). The van der Waals surface area contributed by atoms with Gasteiger partial charge in [0.25, 0.3) is 0 Å². The number of urea groups is 1. The van der Waals surface area contributed by atoms with Gasteiger partial charge in [0.2, 0.25) is 5.95 Å². The molecule has 0 radical (unpaired) electrons. The molecule has 170 valence electrons. The molecule has 2 aromatic carbocycles. The predicted octanol–water partition coefficient (Wildman–Crippen LogP) is 3.67. The normalized spacial score (nSPS) is 14.7. The van der Waals surface area contributed by atoms with Gasteiger partial charge in [0, 0.05) is 50.5 Å². The molecule has 1 saturated heterocycles. The van der Waals surface area contributed by atoms with Crippen molar-refractivity contribution in [3.8, 4) is 0 Å². The van der Waals surface area contributed by atoms with E-state index in [1.807, 2.05) is 55.3 Å². The zero-order valence-electron chi connectivity index (χ0n) is 19.4. The number of benzene rings is 2. The van der Waals surface area contributed by atoms with Gasteiger partial charge in [-0.2, -0.15) is 0 Å². The molecule has 1 aliphatic heterocycles. The number of nitrogens with zero attached hydrogens (tertiary/aromatic N) is 6. The van der Waals surface area contributed by atoms with E-state index in [9.17, 15) is 4.79 Å². The van der Waals surface area contributed by atoms with Crippen molar-refractivity contribution < 1.29 is 4.79 Å². The van der Waals surface area contributed by atoms with Crippen molar-refractivity contribution in [1.82, 2.24) is 29.7 Å². The van der Waals surface area contributed by atoms with Gasteiger partial charge in [-0.1, -0.05) is 18.2 Å². The van der Waals surface area contributed by atoms with E-state index in [2.05, 4.69) is 32.2 Å². The average Bonchev–Trinajstić information content (AvgIpc) is 3.18. The van der Waals surface area contributed by atoms with Crippen LogP contribution < -0.4 is 10.2 Å². The van der Waals surface area contributed by atoms with E-state index in [-0.39, 0.29) is 6.03 Å². The minimum atomic E-state index is -0.0280. The molecule has 2 amide bonds. The molecular formula is C24H28N8O. The SMILES string of the molecule is Cc1nc2c(N(C)C(=O)N3CCN(C)CC3)cc(Nc3ncc4cccc(C)c4n3)cc2[nH]1. The van der Waals surface area contributed by atoms with Crippen molar-refractivity contribution in [3.63, 3.8) is 0 Å². The number of hydrogen-bond donors (Lipinski definition) is 2. The zero-order valence-corrected chi connectivity index (χ0v) is 19.4. The first-order valence-electron chi connectivity index (χ1n) is 11.1. The number of carbonyl (C=O) groups excluding carboxylic acids is 1. The van der Waals surface area contributed by atoms with Crippen LogP contribution in [0.15, 0.2) is 36.5 Å². The number of anilines is 3. The lowest BCUT2D eigenvalue weighted by Gasteiger charge is -2.35. The van der Waals surface area contributed by atoms with Gasteiger partial charge in [0.15, 0.2) is 0 Å². The third-order valence-corrected chi connectivity index (χ3v) is 6.18. The van der Waals surface area contributed by atoms with E-state index < -0.39 is 0 Å². The number of H-pyrrole nitrogens is 1. The van der Waals surface area contributed by atoms with Crippen LogP contribution in [-0.4, -0.2) is 76.0 Å². The fraction of sp³-hybridized carbons (Fsp3) is 0.333. The predicted molar refractivity (Wildman–Crippen MR) is 131 cm³/mol. The number of hydrogen-bond acceptors (Lipinski definition) is 6. The molecule has 0 bridgehead atoms. The molecule has 9 heteroatoms. The lowest BCUT2D eigenvalue weighted by atomic mass is 10.1. The number of aryl methyl sites for hydroxylation is 2. The summed E-state index contributed by atoms with van der Waals surface area (Å²) in [7, 11) is 3.88. The summed E-state index contributed by atoms with van der Waals surface area (Å²) < 4.78 is 0. The number of fused-ring (bicyclic) bond motifs is 2. The van der Waals surface area contributed by atoms with E-state index in [4.69, 9.17) is 4.98 Å². The number of likely N-dealkylation sites (N-methyl/N-ethyl adjacent to an activating group) is 1. The first-order valence-corrected chi connectivity index (χ1v) is 11.1. The third-order valence-electron chi connectivity index (χ3n) is 6.18. The first-order chi connectivity index (χ1) is 15.9. The Morgan fingerprint density at radius 1 is 1.09 bits per heavy atom. The highest BCUT2D eigenvalue weighted by atomic mass is 16.2. The molecule has 1 fully saturated rings. The maximum Gasteiger partial charge on any atom is 0.324 e. The Labute approximate surface area is 192 Å². The highest BCUT2D eigenvalue weighted by molar-refractivity contribution is 6.02. The van der Waals surface area contributed by atoms with Crippen LogP contribution in [0.25, 0.3) is 21.9 Å². The largest absolute Gasteiger partial charge is 0.342 e. The Bertz CT molecular complexity index is 1340. The summed E-state index contributed by atoms with van der Waals surface area (Å²) in [5.74, 6) is 1.30.